The van der Waals surface area contributed by atoms with Gasteiger partial charge in [-0.2, -0.15) is 0 Å². The number of benzene rings is 1. The summed E-state index contributed by atoms with van der Waals surface area (Å²) >= 11 is 0. The Bertz CT molecular complexity index is 528. The van der Waals surface area contributed by atoms with E-state index in [1.54, 1.807) is 6.92 Å². The summed E-state index contributed by atoms with van der Waals surface area (Å²) in [6.07, 6.45) is 2.52. The van der Waals surface area contributed by atoms with Gasteiger partial charge in [-0.15, -0.1) is 0 Å². The molecule has 0 fully saturated rings. The summed E-state index contributed by atoms with van der Waals surface area (Å²) in [6.45, 7) is 3.78. The third-order valence-electron chi connectivity index (χ3n) is 2.96. The molecule has 0 spiro atoms. The van der Waals surface area contributed by atoms with Crippen molar-refractivity contribution in [2.45, 2.75) is 20.3 Å². The van der Waals surface area contributed by atoms with E-state index in [4.69, 9.17) is 5.11 Å². The van der Waals surface area contributed by atoms with E-state index < -0.39 is 5.97 Å². The number of carboxylic acids is 1. The first-order chi connectivity index (χ1) is 7.59. The lowest BCUT2D eigenvalue weighted by molar-refractivity contribution is -0.141. The van der Waals surface area contributed by atoms with E-state index in [0.29, 0.717) is 6.42 Å². The third-order valence-corrected chi connectivity index (χ3v) is 2.96. The Balaban J connectivity index is 2.41. The van der Waals surface area contributed by atoms with Crippen molar-refractivity contribution in [1.82, 2.24) is 4.98 Å². The van der Waals surface area contributed by atoms with Crippen molar-refractivity contribution in [2.75, 3.05) is 0 Å². The minimum Gasteiger partial charge on any atom is -0.481 e. The fourth-order valence-corrected chi connectivity index (χ4v) is 1.94. The quantitative estimate of drug-likeness (QED) is 0.830. The summed E-state index contributed by atoms with van der Waals surface area (Å²) in [4.78, 5) is 14.0. The number of aromatic amines is 1. The molecule has 1 heterocycles. The molecule has 0 amide bonds. The molecule has 0 saturated heterocycles. The molecule has 1 aromatic heterocycles. The lowest BCUT2D eigenvalue weighted by atomic mass is 9.99. The second-order valence-electron chi connectivity index (χ2n) is 4.25. The van der Waals surface area contributed by atoms with Crippen molar-refractivity contribution >= 4 is 16.9 Å². The van der Waals surface area contributed by atoms with E-state index in [2.05, 4.69) is 11.1 Å². The highest BCUT2D eigenvalue weighted by Crippen LogP contribution is 2.23. The molecule has 0 bridgehead atoms. The molecule has 1 aromatic carbocycles. The molecular formula is C13H15NO2. The highest BCUT2D eigenvalue weighted by atomic mass is 16.4. The summed E-state index contributed by atoms with van der Waals surface area (Å²) in [7, 11) is 0. The molecule has 0 saturated carbocycles. The number of aryl methyl sites for hydroxylation is 1. The highest BCUT2D eigenvalue weighted by Gasteiger charge is 2.14. The average Bonchev–Trinajstić information content (AvgIpc) is 2.62. The molecule has 3 nitrogen and oxygen atoms in total. The van der Waals surface area contributed by atoms with Gasteiger partial charge in [-0.05, 0) is 24.5 Å². The van der Waals surface area contributed by atoms with Gasteiger partial charge in [-0.25, -0.2) is 0 Å². The number of rotatable bonds is 3. The molecule has 0 aliphatic carbocycles. The Kier molecular flexibility index (Phi) is 2.69. The largest absolute Gasteiger partial charge is 0.481 e. The first-order valence-corrected chi connectivity index (χ1v) is 5.38. The molecule has 16 heavy (non-hydrogen) atoms. The van der Waals surface area contributed by atoms with Crippen molar-refractivity contribution in [2.24, 2.45) is 5.92 Å². The summed E-state index contributed by atoms with van der Waals surface area (Å²) in [6, 6.07) is 6.01. The topological polar surface area (TPSA) is 53.1 Å². The normalized spacial score (nSPS) is 12.9. The fourth-order valence-electron chi connectivity index (χ4n) is 1.94. The van der Waals surface area contributed by atoms with Crippen LogP contribution in [0.3, 0.4) is 0 Å². The Hall–Kier alpha value is -1.77. The van der Waals surface area contributed by atoms with Gasteiger partial charge in [0.05, 0.1) is 5.92 Å². The molecule has 84 valence electrons. The monoisotopic (exact) mass is 217 g/mol. The zero-order valence-corrected chi connectivity index (χ0v) is 9.45. The fraction of sp³-hybridized carbons (Fsp3) is 0.308. The number of nitrogens with one attached hydrogen (secondary N) is 1. The summed E-state index contributed by atoms with van der Waals surface area (Å²) in [5.74, 6) is -1.10. The van der Waals surface area contributed by atoms with Gasteiger partial charge in [0, 0.05) is 17.1 Å². The summed E-state index contributed by atoms with van der Waals surface area (Å²) in [5, 5.41) is 10.1. The average molecular weight is 217 g/mol. The van der Waals surface area contributed by atoms with Crippen LogP contribution in [0.15, 0.2) is 24.4 Å². The van der Waals surface area contributed by atoms with Crippen LogP contribution < -0.4 is 0 Å². The number of aromatic nitrogens is 1. The molecule has 1 unspecified atom stereocenters. The number of hydrogen-bond acceptors (Lipinski definition) is 1. The van der Waals surface area contributed by atoms with E-state index in [9.17, 15) is 4.79 Å². The van der Waals surface area contributed by atoms with E-state index in [1.165, 1.54) is 10.9 Å². The van der Waals surface area contributed by atoms with Gasteiger partial charge < -0.3 is 10.1 Å². The standard InChI is InChI=1S/C13H15NO2/c1-8(13(15)16)6-10-4-3-5-11-9(2)7-14-12(10)11/h3-5,7-8,14H,6H2,1-2H3,(H,15,16). The van der Waals surface area contributed by atoms with Crippen LogP contribution in [0, 0.1) is 12.8 Å². The van der Waals surface area contributed by atoms with Gasteiger partial charge in [0.25, 0.3) is 0 Å². The second-order valence-corrected chi connectivity index (χ2v) is 4.25. The summed E-state index contributed by atoms with van der Waals surface area (Å²) < 4.78 is 0. The lowest BCUT2D eigenvalue weighted by Crippen LogP contribution is -2.12. The number of para-hydroxylation sites is 1. The zero-order chi connectivity index (χ0) is 11.7. The minimum absolute atomic E-state index is 0.353. The minimum atomic E-state index is -0.750. The molecule has 0 aliphatic rings. The first kappa shape index (κ1) is 10.7. The highest BCUT2D eigenvalue weighted by molar-refractivity contribution is 5.86. The number of H-pyrrole nitrogens is 1. The van der Waals surface area contributed by atoms with E-state index in [1.807, 2.05) is 25.3 Å². The molecule has 0 radical (unpaired) electrons. The third kappa shape index (κ3) is 1.81. The van der Waals surface area contributed by atoms with Crippen molar-refractivity contribution in [3.63, 3.8) is 0 Å². The van der Waals surface area contributed by atoms with Crippen LogP contribution in [-0.4, -0.2) is 16.1 Å². The Morgan fingerprint density at radius 1 is 1.50 bits per heavy atom. The van der Waals surface area contributed by atoms with Crippen LogP contribution in [0.4, 0.5) is 0 Å². The van der Waals surface area contributed by atoms with Crippen LogP contribution in [0.2, 0.25) is 0 Å². The van der Waals surface area contributed by atoms with Crippen LogP contribution in [-0.2, 0) is 11.2 Å². The number of hydrogen-bond donors (Lipinski definition) is 2. The van der Waals surface area contributed by atoms with Crippen LogP contribution in [0.25, 0.3) is 10.9 Å². The van der Waals surface area contributed by atoms with Crippen LogP contribution in [0.1, 0.15) is 18.1 Å². The lowest BCUT2D eigenvalue weighted by Gasteiger charge is -2.07. The number of fused-ring (bicyclic) bond motifs is 1. The molecular weight excluding hydrogens is 202 g/mol. The van der Waals surface area contributed by atoms with E-state index in [0.717, 1.165) is 11.1 Å². The van der Waals surface area contributed by atoms with Crippen LogP contribution in [0.5, 0.6) is 0 Å². The maximum Gasteiger partial charge on any atom is 0.306 e. The van der Waals surface area contributed by atoms with E-state index in [-0.39, 0.29) is 5.92 Å². The zero-order valence-electron chi connectivity index (χ0n) is 9.45. The Labute approximate surface area is 94.1 Å². The molecule has 2 rings (SSSR count). The van der Waals surface area contributed by atoms with Gasteiger partial charge >= 0.3 is 5.97 Å². The van der Waals surface area contributed by atoms with Gasteiger partial charge in [0.1, 0.15) is 0 Å². The van der Waals surface area contributed by atoms with E-state index >= 15 is 0 Å². The van der Waals surface area contributed by atoms with Gasteiger partial charge in [0.15, 0.2) is 0 Å². The van der Waals surface area contributed by atoms with Gasteiger partial charge in [0.2, 0.25) is 0 Å². The Morgan fingerprint density at radius 2 is 2.25 bits per heavy atom. The molecule has 2 N–H and O–H groups in total. The predicted molar refractivity (Wildman–Crippen MR) is 63.5 cm³/mol. The number of carboxylic acid groups (broad SMARTS) is 1. The smallest absolute Gasteiger partial charge is 0.306 e. The van der Waals surface area contributed by atoms with Crippen molar-refractivity contribution in [3.05, 3.63) is 35.5 Å². The second kappa shape index (κ2) is 4.00. The van der Waals surface area contributed by atoms with Crippen molar-refractivity contribution < 1.29 is 9.90 Å². The Morgan fingerprint density at radius 3 is 2.94 bits per heavy atom. The molecule has 2 aromatic rings. The molecule has 0 aliphatic heterocycles. The first-order valence-electron chi connectivity index (χ1n) is 5.38. The van der Waals surface area contributed by atoms with Crippen LogP contribution >= 0.6 is 0 Å². The molecule has 3 heteroatoms. The predicted octanol–water partition coefficient (Wildman–Crippen LogP) is 2.74. The summed E-state index contributed by atoms with van der Waals surface area (Å²) in [5.41, 5.74) is 3.33. The van der Waals surface area contributed by atoms with Crippen molar-refractivity contribution in [1.29, 1.82) is 0 Å². The van der Waals surface area contributed by atoms with Gasteiger partial charge in [-0.1, -0.05) is 25.1 Å². The maximum atomic E-state index is 10.8. The van der Waals surface area contributed by atoms with Gasteiger partial charge in [-0.3, -0.25) is 4.79 Å². The number of carbonyl (C=O) groups is 1. The van der Waals surface area contributed by atoms with Crippen molar-refractivity contribution in [3.8, 4) is 0 Å². The SMILES string of the molecule is Cc1c[nH]c2c(CC(C)C(=O)O)cccc12. The maximum absolute atomic E-state index is 10.8. The molecule has 1 atom stereocenters. The number of aliphatic carboxylic acids is 1.